The molecule has 2 N–H and O–H groups in total. The molecule has 0 saturated carbocycles. The molecule has 7 heteroatoms. The van der Waals surface area contributed by atoms with Crippen molar-refractivity contribution in [1.82, 2.24) is 20.2 Å². The summed E-state index contributed by atoms with van der Waals surface area (Å²) >= 11 is 0. The molecular weight excluding hydrogens is 402 g/mol. The largest absolute Gasteiger partial charge is 0.349 e. The lowest BCUT2D eigenvalue weighted by Gasteiger charge is -2.28. The molecule has 0 bridgehead atoms. The third-order valence-electron chi connectivity index (χ3n) is 5.82. The molecule has 4 rings (SSSR count). The zero-order valence-corrected chi connectivity index (χ0v) is 18.2. The zero-order chi connectivity index (χ0) is 22.5. The van der Waals surface area contributed by atoms with Crippen molar-refractivity contribution < 1.29 is 9.59 Å². The van der Waals surface area contributed by atoms with Gasteiger partial charge in [0.25, 0.3) is 5.91 Å². The van der Waals surface area contributed by atoms with Crippen LogP contribution in [0.3, 0.4) is 0 Å². The first-order valence-corrected chi connectivity index (χ1v) is 10.8. The number of fused-ring (bicyclic) bond motifs is 1. The second kappa shape index (κ2) is 9.70. The van der Waals surface area contributed by atoms with E-state index in [-0.39, 0.29) is 17.6 Å². The normalized spacial score (nSPS) is 14.8. The Morgan fingerprint density at radius 3 is 2.72 bits per heavy atom. The molecule has 2 aromatic carbocycles. The Balaban J connectivity index is 1.46. The molecule has 2 amide bonds. The number of carbonyl (C=O) groups is 2. The van der Waals surface area contributed by atoms with Crippen LogP contribution in [0.25, 0.3) is 22.0 Å². The third kappa shape index (κ3) is 5.18. The van der Waals surface area contributed by atoms with Crippen LogP contribution >= 0.6 is 0 Å². The first kappa shape index (κ1) is 21.6. The summed E-state index contributed by atoms with van der Waals surface area (Å²) in [5, 5.41) is 6.60. The van der Waals surface area contributed by atoms with Crippen molar-refractivity contribution in [3.05, 3.63) is 67.1 Å². The fourth-order valence-corrected chi connectivity index (χ4v) is 3.87. The van der Waals surface area contributed by atoms with Crippen LogP contribution in [0.15, 0.2) is 61.3 Å². The van der Waals surface area contributed by atoms with E-state index in [1.165, 1.54) is 6.08 Å². The molecule has 2 heterocycles. The maximum absolute atomic E-state index is 12.5. The van der Waals surface area contributed by atoms with Gasteiger partial charge >= 0.3 is 0 Å². The van der Waals surface area contributed by atoms with Crippen LogP contribution in [0.1, 0.15) is 23.5 Å². The van der Waals surface area contributed by atoms with Gasteiger partial charge in [-0.1, -0.05) is 24.8 Å². The van der Waals surface area contributed by atoms with Crippen molar-refractivity contribution in [1.29, 1.82) is 0 Å². The number of hydrogen-bond donors (Lipinski definition) is 2. The van der Waals surface area contributed by atoms with E-state index in [1.54, 1.807) is 6.20 Å². The fraction of sp³-hybridized carbons (Fsp3) is 0.280. The summed E-state index contributed by atoms with van der Waals surface area (Å²) in [4.78, 5) is 35.2. The monoisotopic (exact) mass is 429 g/mol. The molecule has 1 aliphatic heterocycles. The second-order valence-corrected chi connectivity index (χ2v) is 8.20. The number of carbonyl (C=O) groups excluding carboxylic acids is 2. The number of likely N-dealkylation sites (tertiary alicyclic amines) is 1. The third-order valence-corrected chi connectivity index (χ3v) is 5.82. The van der Waals surface area contributed by atoms with E-state index < -0.39 is 0 Å². The Hall–Kier alpha value is -3.58. The minimum absolute atomic E-state index is 0.187. The Labute approximate surface area is 187 Å². The maximum atomic E-state index is 12.5. The molecular formula is C25H27N5O2. The highest BCUT2D eigenvalue weighted by atomic mass is 16.2. The average Bonchev–Trinajstić information content (AvgIpc) is 2.83. The Morgan fingerprint density at radius 2 is 1.94 bits per heavy atom. The van der Waals surface area contributed by atoms with Crippen LogP contribution in [-0.4, -0.2) is 53.4 Å². The summed E-state index contributed by atoms with van der Waals surface area (Å²) < 4.78 is 0. The standard InChI is InChI=1S/C25H27N5O2/c1-3-23(31)28-21-6-4-5-18(14-21)19-7-8-22-20(13-19)16-26-24(29-22)25(32)27-15-17-9-11-30(2)12-10-17/h3-8,13-14,16-17H,1,9-12,15H2,2H3,(H,27,32)(H,28,31). The van der Waals surface area contributed by atoms with Crippen LogP contribution in [0, 0.1) is 5.92 Å². The number of nitrogens with one attached hydrogen (secondary N) is 2. The summed E-state index contributed by atoms with van der Waals surface area (Å²) in [5.41, 5.74) is 3.33. The predicted octanol–water partition coefficient (Wildman–Crippen LogP) is 3.49. The van der Waals surface area contributed by atoms with Gasteiger partial charge in [-0.3, -0.25) is 9.59 Å². The number of rotatable bonds is 6. The molecule has 1 saturated heterocycles. The number of nitrogens with zero attached hydrogens (tertiary/aromatic N) is 3. The maximum Gasteiger partial charge on any atom is 0.289 e. The lowest BCUT2D eigenvalue weighted by atomic mass is 9.97. The van der Waals surface area contributed by atoms with Gasteiger partial charge in [0.15, 0.2) is 0 Å². The van der Waals surface area contributed by atoms with Gasteiger partial charge in [0.05, 0.1) is 5.52 Å². The summed E-state index contributed by atoms with van der Waals surface area (Å²) in [7, 11) is 2.13. The molecule has 0 radical (unpaired) electrons. The molecule has 32 heavy (non-hydrogen) atoms. The number of benzene rings is 2. The van der Waals surface area contributed by atoms with Gasteiger partial charge in [-0.15, -0.1) is 0 Å². The van der Waals surface area contributed by atoms with E-state index in [0.717, 1.165) is 42.4 Å². The van der Waals surface area contributed by atoms with E-state index in [0.29, 0.717) is 23.7 Å². The Bertz CT molecular complexity index is 1150. The van der Waals surface area contributed by atoms with E-state index in [2.05, 4.69) is 39.1 Å². The highest BCUT2D eigenvalue weighted by molar-refractivity contribution is 5.99. The molecule has 1 aromatic heterocycles. The fourth-order valence-electron chi connectivity index (χ4n) is 3.87. The van der Waals surface area contributed by atoms with Gasteiger partial charge in [-0.25, -0.2) is 9.97 Å². The molecule has 1 fully saturated rings. The second-order valence-electron chi connectivity index (χ2n) is 8.20. The number of piperidine rings is 1. The highest BCUT2D eigenvalue weighted by Gasteiger charge is 2.18. The van der Waals surface area contributed by atoms with Crippen molar-refractivity contribution in [3.8, 4) is 11.1 Å². The van der Waals surface area contributed by atoms with Gasteiger partial charge in [-0.2, -0.15) is 0 Å². The van der Waals surface area contributed by atoms with E-state index >= 15 is 0 Å². The lowest BCUT2D eigenvalue weighted by molar-refractivity contribution is -0.111. The SMILES string of the molecule is C=CC(=O)Nc1cccc(-c2ccc3nc(C(=O)NCC4CCN(C)CC4)ncc3c2)c1. The van der Waals surface area contributed by atoms with Crippen LogP contribution in [-0.2, 0) is 4.79 Å². The van der Waals surface area contributed by atoms with Crippen molar-refractivity contribution in [3.63, 3.8) is 0 Å². The molecule has 0 unspecified atom stereocenters. The van der Waals surface area contributed by atoms with Crippen LogP contribution in [0.5, 0.6) is 0 Å². The average molecular weight is 430 g/mol. The van der Waals surface area contributed by atoms with Gasteiger partial charge in [0, 0.05) is 23.8 Å². The zero-order valence-electron chi connectivity index (χ0n) is 18.2. The molecule has 3 aromatic rings. The predicted molar refractivity (Wildman–Crippen MR) is 126 cm³/mol. The van der Waals surface area contributed by atoms with Crippen molar-refractivity contribution in [2.45, 2.75) is 12.8 Å². The van der Waals surface area contributed by atoms with Gasteiger partial charge in [0.2, 0.25) is 11.7 Å². The Morgan fingerprint density at radius 1 is 1.16 bits per heavy atom. The number of anilines is 1. The number of amides is 2. The Kier molecular flexibility index (Phi) is 6.56. The molecule has 164 valence electrons. The van der Waals surface area contributed by atoms with Crippen LogP contribution < -0.4 is 10.6 Å². The summed E-state index contributed by atoms with van der Waals surface area (Å²) in [6, 6.07) is 13.4. The van der Waals surface area contributed by atoms with Crippen LogP contribution in [0.4, 0.5) is 5.69 Å². The van der Waals surface area contributed by atoms with E-state index in [9.17, 15) is 9.59 Å². The van der Waals surface area contributed by atoms with Crippen molar-refractivity contribution in [2.75, 3.05) is 32.0 Å². The first-order chi connectivity index (χ1) is 15.5. The van der Waals surface area contributed by atoms with Gasteiger partial charge in [-0.05, 0) is 80.4 Å². The number of hydrogen-bond acceptors (Lipinski definition) is 5. The topological polar surface area (TPSA) is 87.2 Å². The molecule has 1 aliphatic rings. The quantitative estimate of drug-likeness (QED) is 0.586. The molecule has 0 aliphatic carbocycles. The van der Waals surface area contributed by atoms with E-state index in [4.69, 9.17) is 0 Å². The molecule has 0 atom stereocenters. The van der Waals surface area contributed by atoms with E-state index in [1.807, 2.05) is 42.5 Å². The minimum atomic E-state index is -0.254. The minimum Gasteiger partial charge on any atom is -0.349 e. The first-order valence-electron chi connectivity index (χ1n) is 10.8. The molecule has 7 nitrogen and oxygen atoms in total. The summed E-state index contributed by atoms with van der Waals surface area (Å²) in [6.07, 6.45) is 5.11. The number of aromatic nitrogens is 2. The van der Waals surface area contributed by atoms with Gasteiger partial charge < -0.3 is 15.5 Å². The van der Waals surface area contributed by atoms with Crippen LogP contribution in [0.2, 0.25) is 0 Å². The lowest BCUT2D eigenvalue weighted by Crippen LogP contribution is -2.37. The van der Waals surface area contributed by atoms with Crippen molar-refractivity contribution >= 4 is 28.4 Å². The summed E-state index contributed by atoms with van der Waals surface area (Å²) in [5.74, 6) is 0.203. The molecule has 0 spiro atoms. The van der Waals surface area contributed by atoms with Crippen molar-refractivity contribution in [2.24, 2.45) is 5.92 Å². The highest BCUT2D eigenvalue weighted by Crippen LogP contribution is 2.26. The smallest absolute Gasteiger partial charge is 0.289 e. The van der Waals surface area contributed by atoms with Gasteiger partial charge in [0.1, 0.15) is 0 Å². The summed E-state index contributed by atoms with van der Waals surface area (Å²) in [6.45, 7) is 6.27.